The summed E-state index contributed by atoms with van der Waals surface area (Å²) < 4.78 is 41.2. The molecule has 122 valence electrons. The third kappa shape index (κ3) is 4.91. The lowest BCUT2D eigenvalue weighted by Crippen LogP contribution is -2.43. The number of halogens is 3. The maximum absolute atomic E-state index is 12.1. The van der Waals surface area contributed by atoms with E-state index in [1.165, 1.54) is 6.07 Å². The number of carbonyl (C=O) groups excluding carboxylic acids is 1. The fourth-order valence-electron chi connectivity index (χ4n) is 2.35. The number of alkyl halides is 3. The van der Waals surface area contributed by atoms with Crippen LogP contribution in [0.1, 0.15) is 24.8 Å². The lowest BCUT2D eigenvalue weighted by molar-refractivity contribution is -0.153. The zero-order valence-corrected chi connectivity index (χ0v) is 12.3. The normalized spacial score (nSPS) is 18.8. The summed E-state index contributed by atoms with van der Waals surface area (Å²) in [6.07, 6.45) is -1.51. The Kier molecular flexibility index (Phi) is 5.28. The van der Waals surface area contributed by atoms with Crippen LogP contribution in [0.3, 0.4) is 0 Å². The average Bonchev–Trinajstić information content (AvgIpc) is 2.46. The van der Waals surface area contributed by atoms with Gasteiger partial charge in [0.15, 0.2) is 6.61 Å². The van der Waals surface area contributed by atoms with E-state index in [0.717, 1.165) is 25.8 Å². The zero-order valence-electron chi connectivity index (χ0n) is 12.3. The minimum atomic E-state index is -4.37. The van der Waals surface area contributed by atoms with Crippen LogP contribution >= 0.6 is 0 Å². The van der Waals surface area contributed by atoms with Gasteiger partial charge in [-0.15, -0.1) is 0 Å². The average molecular weight is 316 g/mol. The van der Waals surface area contributed by atoms with Gasteiger partial charge in [0.1, 0.15) is 5.75 Å². The van der Waals surface area contributed by atoms with E-state index < -0.39 is 12.8 Å². The molecule has 0 saturated carbocycles. The number of hydrogen-bond acceptors (Lipinski definition) is 3. The Morgan fingerprint density at radius 2 is 2.18 bits per heavy atom. The number of rotatable bonds is 4. The summed E-state index contributed by atoms with van der Waals surface area (Å²) in [5.41, 5.74) is 1.09. The van der Waals surface area contributed by atoms with Crippen molar-refractivity contribution < 1.29 is 22.7 Å². The molecule has 1 atom stereocenters. The van der Waals surface area contributed by atoms with Crippen molar-refractivity contribution in [2.24, 2.45) is 0 Å². The lowest BCUT2D eigenvalue weighted by Gasteiger charge is -2.22. The molecule has 1 unspecified atom stereocenters. The molecule has 22 heavy (non-hydrogen) atoms. The number of piperidine rings is 1. The minimum Gasteiger partial charge on any atom is -0.484 e. The molecule has 1 aliphatic rings. The molecule has 0 spiro atoms. The Bertz CT molecular complexity index is 526. The first-order valence-electron chi connectivity index (χ1n) is 7.19. The highest BCUT2D eigenvalue weighted by molar-refractivity contribution is 5.95. The number of nitrogens with one attached hydrogen (secondary N) is 2. The first-order valence-corrected chi connectivity index (χ1v) is 7.19. The van der Waals surface area contributed by atoms with E-state index in [-0.39, 0.29) is 17.7 Å². The lowest BCUT2D eigenvalue weighted by atomic mass is 10.0. The van der Waals surface area contributed by atoms with Gasteiger partial charge in [-0.1, -0.05) is 6.42 Å². The van der Waals surface area contributed by atoms with E-state index >= 15 is 0 Å². The molecule has 1 heterocycles. The molecule has 1 aliphatic heterocycles. The van der Waals surface area contributed by atoms with Crippen LogP contribution in [0, 0.1) is 6.92 Å². The van der Waals surface area contributed by atoms with Gasteiger partial charge in [0.05, 0.1) is 6.04 Å². The Hall–Kier alpha value is -1.76. The van der Waals surface area contributed by atoms with Crippen molar-refractivity contribution in [3.8, 4) is 5.75 Å². The maximum Gasteiger partial charge on any atom is 0.422 e. The monoisotopic (exact) mass is 316 g/mol. The van der Waals surface area contributed by atoms with Crippen molar-refractivity contribution >= 4 is 11.6 Å². The van der Waals surface area contributed by atoms with Gasteiger partial charge in [0.2, 0.25) is 5.91 Å². The van der Waals surface area contributed by atoms with Crippen LogP contribution in [-0.2, 0) is 4.79 Å². The van der Waals surface area contributed by atoms with Gasteiger partial charge in [0.25, 0.3) is 0 Å². The molecule has 1 fully saturated rings. The standard InChI is InChI=1S/C15H19F3N2O2/c1-10-8-11(5-6-13(10)22-9-15(16,17)18)20-14(21)12-4-2-3-7-19-12/h5-6,8,12,19H,2-4,7,9H2,1H3,(H,20,21). The molecular formula is C15H19F3N2O2. The van der Waals surface area contributed by atoms with Crippen LogP contribution in [-0.4, -0.2) is 31.3 Å². The van der Waals surface area contributed by atoms with Crippen molar-refractivity contribution in [3.05, 3.63) is 23.8 Å². The molecule has 0 bridgehead atoms. The Balaban J connectivity index is 1.95. The van der Waals surface area contributed by atoms with Crippen molar-refractivity contribution in [2.75, 3.05) is 18.5 Å². The zero-order chi connectivity index (χ0) is 16.2. The van der Waals surface area contributed by atoms with Crippen LogP contribution in [0.25, 0.3) is 0 Å². The number of aryl methyl sites for hydroxylation is 1. The van der Waals surface area contributed by atoms with Crippen molar-refractivity contribution in [2.45, 2.75) is 38.4 Å². The van der Waals surface area contributed by atoms with Crippen LogP contribution in [0.4, 0.5) is 18.9 Å². The van der Waals surface area contributed by atoms with Crippen LogP contribution in [0.5, 0.6) is 5.75 Å². The summed E-state index contributed by atoms with van der Waals surface area (Å²) in [6, 6.07) is 4.37. The number of ether oxygens (including phenoxy) is 1. The number of hydrogen-bond donors (Lipinski definition) is 2. The SMILES string of the molecule is Cc1cc(NC(=O)C2CCCCN2)ccc1OCC(F)(F)F. The van der Waals surface area contributed by atoms with E-state index in [1.54, 1.807) is 19.1 Å². The van der Waals surface area contributed by atoms with Gasteiger partial charge in [-0.3, -0.25) is 4.79 Å². The number of amides is 1. The van der Waals surface area contributed by atoms with Gasteiger partial charge >= 0.3 is 6.18 Å². The largest absolute Gasteiger partial charge is 0.484 e. The van der Waals surface area contributed by atoms with E-state index in [1.807, 2.05) is 0 Å². The van der Waals surface area contributed by atoms with E-state index in [0.29, 0.717) is 11.3 Å². The first-order chi connectivity index (χ1) is 10.3. The second kappa shape index (κ2) is 7.00. The molecule has 0 aromatic heterocycles. The predicted molar refractivity (Wildman–Crippen MR) is 77.0 cm³/mol. The predicted octanol–water partition coefficient (Wildman–Crippen LogP) is 3.02. The second-order valence-electron chi connectivity index (χ2n) is 5.38. The van der Waals surface area contributed by atoms with E-state index in [9.17, 15) is 18.0 Å². The molecular weight excluding hydrogens is 297 g/mol. The van der Waals surface area contributed by atoms with Gasteiger partial charge in [-0.25, -0.2) is 0 Å². The van der Waals surface area contributed by atoms with E-state index in [4.69, 9.17) is 4.74 Å². The molecule has 2 N–H and O–H groups in total. The summed E-state index contributed by atoms with van der Waals surface area (Å²) in [5, 5.41) is 5.91. The highest BCUT2D eigenvalue weighted by atomic mass is 19.4. The van der Waals surface area contributed by atoms with Crippen molar-refractivity contribution in [1.29, 1.82) is 0 Å². The molecule has 2 rings (SSSR count). The fourth-order valence-corrected chi connectivity index (χ4v) is 2.35. The smallest absolute Gasteiger partial charge is 0.422 e. The molecule has 7 heteroatoms. The molecule has 1 aromatic carbocycles. The molecule has 0 radical (unpaired) electrons. The molecule has 4 nitrogen and oxygen atoms in total. The van der Waals surface area contributed by atoms with Crippen LogP contribution < -0.4 is 15.4 Å². The van der Waals surface area contributed by atoms with Crippen molar-refractivity contribution in [3.63, 3.8) is 0 Å². The Morgan fingerprint density at radius 1 is 1.41 bits per heavy atom. The number of benzene rings is 1. The highest BCUT2D eigenvalue weighted by Gasteiger charge is 2.28. The Morgan fingerprint density at radius 3 is 2.77 bits per heavy atom. The third-order valence-electron chi connectivity index (χ3n) is 3.46. The summed E-state index contributed by atoms with van der Waals surface area (Å²) in [4.78, 5) is 12.1. The maximum atomic E-state index is 12.1. The van der Waals surface area contributed by atoms with Crippen LogP contribution in [0.15, 0.2) is 18.2 Å². The molecule has 0 aliphatic carbocycles. The summed E-state index contributed by atoms with van der Waals surface area (Å²) in [6.45, 7) is 1.13. The summed E-state index contributed by atoms with van der Waals surface area (Å²) >= 11 is 0. The van der Waals surface area contributed by atoms with Gasteiger partial charge in [-0.2, -0.15) is 13.2 Å². The second-order valence-corrected chi connectivity index (χ2v) is 5.38. The Labute approximate surface area is 127 Å². The fraction of sp³-hybridized carbons (Fsp3) is 0.533. The minimum absolute atomic E-state index is 0.122. The molecule has 1 amide bonds. The molecule has 1 aromatic rings. The van der Waals surface area contributed by atoms with E-state index in [2.05, 4.69) is 10.6 Å². The number of carbonyl (C=O) groups is 1. The summed E-state index contributed by atoms with van der Waals surface area (Å²) in [7, 11) is 0. The third-order valence-corrected chi connectivity index (χ3v) is 3.46. The topological polar surface area (TPSA) is 50.4 Å². The van der Waals surface area contributed by atoms with Crippen molar-refractivity contribution in [1.82, 2.24) is 5.32 Å². The molecule has 1 saturated heterocycles. The van der Waals surface area contributed by atoms with Crippen LogP contribution in [0.2, 0.25) is 0 Å². The quantitative estimate of drug-likeness (QED) is 0.898. The van der Waals surface area contributed by atoms with Gasteiger partial charge in [-0.05, 0) is 50.1 Å². The van der Waals surface area contributed by atoms with Gasteiger partial charge < -0.3 is 15.4 Å². The highest BCUT2D eigenvalue weighted by Crippen LogP contribution is 2.25. The van der Waals surface area contributed by atoms with Gasteiger partial charge in [0, 0.05) is 5.69 Å². The summed E-state index contributed by atoms with van der Waals surface area (Å²) in [5.74, 6) is 0.0363. The number of anilines is 1. The first kappa shape index (κ1) is 16.6.